The number of hydrogen-bond acceptors (Lipinski definition) is 0. The van der Waals surface area contributed by atoms with E-state index in [2.05, 4.69) is 27.7 Å². The second-order valence-corrected chi connectivity index (χ2v) is 16.6. The summed E-state index contributed by atoms with van der Waals surface area (Å²) in [7, 11) is 0. The Kier molecular flexibility index (Phi) is 41.3. The van der Waals surface area contributed by atoms with E-state index in [1.807, 2.05) is 0 Å². The number of unbranched alkanes of at least 4 members (excludes halogenated alkanes) is 35. The first-order valence-electron chi connectivity index (χ1n) is 23.6. The molecule has 0 unspecified atom stereocenters. The van der Waals surface area contributed by atoms with Gasteiger partial charge in [-0.1, -0.05) is 227 Å². The first kappa shape index (κ1) is 48.0. The molecule has 1 nitrogen and oxygen atoms in total. The van der Waals surface area contributed by atoms with Gasteiger partial charge in [-0.2, -0.15) is 0 Å². The fourth-order valence-corrected chi connectivity index (χ4v) is 8.23. The van der Waals surface area contributed by atoms with Gasteiger partial charge in [0.05, 0.1) is 26.2 Å². The summed E-state index contributed by atoms with van der Waals surface area (Å²) >= 11 is 0. The molecular weight excluding hydrogens is 579 g/mol. The molecular formula is C47H98N+. The normalized spacial score (nSPS) is 12.0. The third-order valence-electron chi connectivity index (χ3n) is 11.7. The van der Waals surface area contributed by atoms with Crippen LogP contribution in [-0.2, 0) is 0 Å². The van der Waals surface area contributed by atoms with Gasteiger partial charge < -0.3 is 4.48 Å². The van der Waals surface area contributed by atoms with Crippen LogP contribution in [0.5, 0.6) is 0 Å². The lowest BCUT2D eigenvalue weighted by molar-refractivity contribution is -0.929. The molecule has 0 aliphatic carbocycles. The van der Waals surface area contributed by atoms with Crippen LogP contribution in [0.2, 0.25) is 0 Å². The Bertz CT molecular complexity index is 500. The van der Waals surface area contributed by atoms with E-state index >= 15 is 0 Å². The quantitative estimate of drug-likeness (QED) is 0.0445. The zero-order chi connectivity index (χ0) is 34.9. The minimum atomic E-state index is 1.37. The van der Waals surface area contributed by atoms with Crippen LogP contribution in [0.3, 0.4) is 0 Å². The molecule has 0 aromatic carbocycles. The van der Waals surface area contributed by atoms with Crippen molar-refractivity contribution in [3.05, 3.63) is 0 Å². The highest BCUT2D eigenvalue weighted by Gasteiger charge is 2.25. The summed E-state index contributed by atoms with van der Waals surface area (Å²) in [5.74, 6) is 0. The van der Waals surface area contributed by atoms with Crippen LogP contribution < -0.4 is 0 Å². The van der Waals surface area contributed by atoms with Gasteiger partial charge in [0.1, 0.15) is 0 Å². The molecule has 0 aromatic heterocycles. The van der Waals surface area contributed by atoms with Crippen molar-refractivity contribution in [1.82, 2.24) is 0 Å². The molecule has 0 aromatic rings. The number of quaternary nitrogens is 1. The van der Waals surface area contributed by atoms with Crippen molar-refractivity contribution in [1.29, 1.82) is 0 Å². The fourth-order valence-electron chi connectivity index (χ4n) is 8.23. The first-order valence-corrected chi connectivity index (χ1v) is 23.6. The summed E-state index contributed by atoms with van der Waals surface area (Å²) in [5, 5.41) is 0. The first-order chi connectivity index (χ1) is 23.7. The van der Waals surface area contributed by atoms with E-state index in [-0.39, 0.29) is 0 Å². The molecule has 0 heterocycles. The molecule has 0 aliphatic rings. The molecule has 0 spiro atoms. The van der Waals surface area contributed by atoms with Crippen LogP contribution in [0.25, 0.3) is 0 Å². The van der Waals surface area contributed by atoms with Crippen molar-refractivity contribution in [3.8, 4) is 0 Å². The van der Waals surface area contributed by atoms with Gasteiger partial charge in [-0.3, -0.25) is 0 Å². The molecule has 0 aliphatic heterocycles. The number of rotatable bonds is 43. The molecule has 48 heavy (non-hydrogen) atoms. The van der Waals surface area contributed by atoms with Gasteiger partial charge in [0, 0.05) is 0 Å². The maximum absolute atomic E-state index is 2.34. The second kappa shape index (κ2) is 41.4. The SMILES string of the molecule is CCCCCCCCCCCCCC[N+](CCCCCCCCCCC)(CCCCCCCCCCC)CCCCCCCCCCC. The van der Waals surface area contributed by atoms with Crippen molar-refractivity contribution in [3.63, 3.8) is 0 Å². The van der Waals surface area contributed by atoms with Crippen molar-refractivity contribution < 1.29 is 4.48 Å². The van der Waals surface area contributed by atoms with E-state index in [1.54, 1.807) is 0 Å². The summed E-state index contributed by atoms with van der Waals surface area (Å²) in [6.07, 6.45) is 57.2. The third kappa shape index (κ3) is 35.8. The molecule has 0 atom stereocenters. The molecule has 0 amide bonds. The van der Waals surface area contributed by atoms with Gasteiger partial charge in [0.2, 0.25) is 0 Å². The molecule has 0 bridgehead atoms. The van der Waals surface area contributed by atoms with Gasteiger partial charge in [0.25, 0.3) is 0 Å². The molecule has 0 N–H and O–H groups in total. The largest absolute Gasteiger partial charge is 0.324 e. The van der Waals surface area contributed by atoms with Crippen molar-refractivity contribution in [2.24, 2.45) is 0 Å². The summed E-state index contributed by atoms with van der Waals surface area (Å²) < 4.78 is 1.49. The zero-order valence-electron chi connectivity index (χ0n) is 34.9. The minimum absolute atomic E-state index is 1.37. The lowest BCUT2D eigenvalue weighted by Gasteiger charge is -2.40. The summed E-state index contributed by atoms with van der Waals surface area (Å²) in [5.41, 5.74) is 0. The van der Waals surface area contributed by atoms with Crippen LogP contribution >= 0.6 is 0 Å². The van der Waals surface area contributed by atoms with Crippen molar-refractivity contribution in [2.45, 2.75) is 278 Å². The molecule has 0 rings (SSSR count). The number of hydrogen-bond donors (Lipinski definition) is 0. The van der Waals surface area contributed by atoms with E-state index in [4.69, 9.17) is 0 Å². The Hall–Kier alpha value is -0.0400. The molecule has 0 fully saturated rings. The molecule has 1 heteroatoms. The Balaban J connectivity index is 4.83. The van der Waals surface area contributed by atoms with Crippen LogP contribution in [0.15, 0.2) is 0 Å². The van der Waals surface area contributed by atoms with Gasteiger partial charge in [-0.25, -0.2) is 0 Å². The second-order valence-electron chi connectivity index (χ2n) is 16.6. The highest BCUT2D eigenvalue weighted by atomic mass is 15.3. The van der Waals surface area contributed by atoms with Crippen molar-refractivity contribution >= 4 is 0 Å². The van der Waals surface area contributed by atoms with E-state index < -0.39 is 0 Å². The van der Waals surface area contributed by atoms with Crippen molar-refractivity contribution in [2.75, 3.05) is 26.2 Å². The van der Waals surface area contributed by atoms with Crippen LogP contribution in [0, 0.1) is 0 Å². The van der Waals surface area contributed by atoms with Gasteiger partial charge >= 0.3 is 0 Å². The summed E-state index contributed by atoms with van der Waals surface area (Å²) in [6.45, 7) is 15.3. The molecule has 0 saturated heterocycles. The Morgan fingerprint density at radius 3 is 0.438 bits per heavy atom. The molecule has 290 valence electrons. The highest BCUT2D eigenvalue weighted by Crippen LogP contribution is 2.22. The predicted molar refractivity (Wildman–Crippen MR) is 222 cm³/mol. The standard InChI is InChI=1S/C47H98N/c1-5-9-13-17-21-25-26-27-31-35-39-43-47-48(44-40-36-32-28-22-18-14-10-6-2,45-41-37-33-29-23-19-15-11-7-3)46-42-38-34-30-24-20-16-12-8-4/h5-47H2,1-4H3/q+1. The topological polar surface area (TPSA) is 0 Å². The summed E-state index contributed by atoms with van der Waals surface area (Å²) in [4.78, 5) is 0. The van der Waals surface area contributed by atoms with Crippen LogP contribution in [-0.4, -0.2) is 30.7 Å². The summed E-state index contributed by atoms with van der Waals surface area (Å²) in [6, 6.07) is 0. The fraction of sp³-hybridized carbons (Fsp3) is 1.00. The highest BCUT2D eigenvalue weighted by molar-refractivity contribution is 4.56. The smallest absolute Gasteiger partial charge is 0.0786 e. The van der Waals surface area contributed by atoms with E-state index in [9.17, 15) is 0 Å². The van der Waals surface area contributed by atoms with Crippen LogP contribution in [0.4, 0.5) is 0 Å². The molecule has 0 saturated carbocycles. The number of nitrogens with zero attached hydrogens (tertiary/aromatic N) is 1. The third-order valence-corrected chi connectivity index (χ3v) is 11.7. The lowest BCUT2D eigenvalue weighted by atomic mass is 10.0. The predicted octanol–water partition coefficient (Wildman–Crippen LogP) is 17.1. The average molecular weight is 677 g/mol. The van der Waals surface area contributed by atoms with Crippen LogP contribution in [0.1, 0.15) is 278 Å². The van der Waals surface area contributed by atoms with E-state index in [0.29, 0.717) is 0 Å². The minimum Gasteiger partial charge on any atom is -0.324 e. The zero-order valence-corrected chi connectivity index (χ0v) is 34.9. The Labute approximate surface area is 307 Å². The monoisotopic (exact) mass is 677 g/mol. The van der Waals surface area contributed by atoms with E-state index in [0.717, 1.165) is 0 Å². The maximum atomic E-state index is 2.34. The van der Waals surface area contributed by atoms with Gasteiger partial charge in [-0.05, 0) is 51.4 Å². The lowest BCUT2D eigenvalue weighted by Crippen LogP contribution is -2.50. The Morgan fingerprint density at radius 1 is 0.167 bits per heavy atom. The van der Waals surface area contributed by atoms with Gasteiger partial charge in [0.15, 0.2) is 0 Å². The maximum Gasteiger partial charge on any atom is 0.0786 e. The average Bonchev–Trinajstić information content (AvgIpc) is 3.10. The van der Waals surface area contributed by atoms with Gasteiger partial charge in [-0.15, -0.1) is 0 Å². The molecule has 0 radical (unpaired) electrons. The van der Waals surface area contributed by atoms with E-state index in [1.165, 1.54) is 281 Å². The Morgan fingerprint density at radius 2 is 0.292 bits per heavy atom.